The van der Waals surface area contributed by atoms with E-state index < -0.39 is 8.07 Å². The number of esters is 1. The number of nitrogens with zero attached hydrogens (tertiary/aromatic N) is 1. The van der Waals surface area contributed by atoms with E-state index in [9.17, 15) is 4.79 Å². The Hall–Kier alpha value is -1.88. The van der Waals surface area contributed by atoms with Gasteiger partial charge in [0.2, 0.25) is 0 Å². The molecule has 0 radical (unpaired) electrons. The van der Waals surface area contributed by atoms with Gasteiger partial charge in [-0.25, -0.2) is 4.79 Å². The number of hydrogen-bond acceptors (Lipinski definition) is 4. The molecule has 0 aliphatic rings. The van der Waals surface area contributed by atoms with Crippen molar-refractivity contribution in [2.24, 2.45) is 0 Å². The predicted molar refractivity (Wildman–Crippen MR) is 76.3 cm³/mol. The van der Waals surface area contributed by atoms with Gasteiger partial charge in [0, 0.05) is 11.6 Å². The minimum absolute atomic E-state index is 0.338. The van der Waals surface area contributed by atoms with Gasteiger partial charge in [-0.15, -0.1) is 0 Å². The first-order valence-electron chi connectivity index (χ1n) is 6.08. The molecule has 1 aromatic heterocycles. The van der Waals surface area contributed by atoms with Crippen LogP contribution in [0.5, 0.6) is 0 Å². The molecule has 0 saturated carbocycles. The van der Waals surface area contributed by atoms with Crippen LogP contribution >= 0.6 is 0 Å². The molecule has 0 bridgehead atoms. The molecule has 5 heteroatoms. The number of rotatable bonds is 3. The van der Waals surface area contributed by atoms with E-state index in [0.29, 0.717) is 5.56 Å². The van der Waals surface area contributed by atoms with Crippen molar-refractivity contribution in [3.05, 3.63) is 35.9 Å². The third kappa shape index (κ3) is 2.93. The Bertz CT molecular complexity index is 581. The van der Waals surface area contributed by atoms with Crippen molar-refractivity contribution in [2.45, 2.75) is 19.6 Å². The molecule has 1 heterocycles. The van der Waals surface area contributed by atoms with Crippen LogP contribution in [-0.2, 0) is 4.74 Å². The first kappa shape index (κ1) is 13.5. The van der Waals surface area contributed by atoms with Gasteiger partial charge in [0.05, 0.1) is 12.7 Å². The van der Waals surface area contributed by atoms with E-state index in [1.807, 2.05) is 18.2 Å². The second-order valence-corrected chi connectivity index (χ2v) is 10.4. The van der Waals surface area contributed by atoms with Gasteiger partial charge in [-0.2, -0.15) is 0 Å². The molecule has 0 unspecified atom stereocenters. The molecule has 100 valence electrons. The summed E-state index contributed by atoms with van der Waals surface area (Å²) < 4.78 is 10.1. The predicted octanol–water partition coefficient (Wildman–Crippen LogP) is 2.67. The Morgan fingerprint density at radius 1 is 1.21 bits per heavy atom. The largest absolute Gasteiger partial charge is 0.465 e. The first-order chi connectivity index (χ1) is 8.91. The minimum atomic E-state index is -1.48. The lowest BCUT2D eigenvalue weighted by atomic mass is 10.1. The van der Waals surface area contributed by atoms with Gasteiger partial charge in [-0.05, 0) is 12.1 Å². The second kappa shape index (κ2) is 5.01. The maximum absolute atomic E-state index is 11.3. The van der Waals surface area contributed by atoms with Crippen LogP contribution in [-0.4, -0.2) is 26.3 Å². The van der Waals surface area contributed by atoms with Crippen molar-refractivity contribution >= 4 is 19.4 Å². The summed E-state index contributed by atoms with van der Waals surface area (Å²) in [5.74, 6) is -0.338. The van der Waals surface area contributed by atoms with Gasteiger partial charge < -0.3 is 9.26 Å². The van der Waals surface area contributed by atoms with Crippen molar-refractivity contribution < 1.29 is 14.1 Å². The number of aromatic nitrogens is 1. The normalized spacial score (nSPS) is 11.4. The van der Waals surface area contributed by atoms with E-state index in [2.05, 4.69) is 29.5 Å². The van der Waals surface area contributed by atoms with Crippen LogP contribution in [0.1, 0.15) is 10.4 Å². The summed E-state index contributed by atoms with van der Waals surface area (Å²) in [7, 11) is -0.114. The van der Waals surface area contributed by atoms with E-state index in [1.165, 1.54) is 7.11 Å². The zero-order chi connectivity index (χ0) is 14.0. The lowest BCUT2D eigenvalue weighted by Gasteiger charge is -2.08. The van der Waals surface area contributed by atoms with Crippen LogP contribution in [0.15, 0.2) is 34.9 Å². The molecule has 0 amide bonds. The average molecular weight is 275 g/mol. The SMILES string of the molecule is COC(=O)c1ccc(-c2cc([Si](C)(C)C)on2)cc1. The summed E-state index contributed by atoms with van der Waals surface area (Å²) in [6.45, 7) is 6.62. The third-order valence-corrected chi connectivity index (χ3v) is 4.57. The molecule has 1 aromatic carbocycles. The molecule has 0 aliphatic heterocycles. The van der Waals surface area contributed by atoms with Crippen LogP contribution < -0.4 is 5.38 Å². The molecule has 2 rings (SSSR count). The highest BCUT2D eigenvalue weighted by molar-refractivity contribution is 6.87. The Balaban J connectivity index is 2.28. The molecule has 0 saturated heterocycles. The van der Waals surface area contributed by atoms with Crippen LogP contribution in [0.25, 0.3) is 11.3 Å². The van der Waals surface area contributed by atoms with Crippen LogP contribution in [0.4, 0.5) is 0 Å². The number of ether oxygens (including phenoxy) is 1. The lowest BCUT2D eigenvalue weighted by Crippen LogP contribution is -2.36. The Labute approximate surface area is 113 Å². The summed E-state index contributed by atoms with van der Waals surface area (Å²) >= 11 is 0. The lowest BCUT2D eigenvalue weighted by molar-refractivity contribution is 0.0601. The monoisotopic (exact) mass is 275 g/mol. The molecule has 0 N–H and O–H groups in total. The second-order valence-electron chi connectivity index (χ2n) is 5.40. The maximum atomic E-state index is 11.3. The Morgan fingerprint density at radius 3 is 2.32 bits per heavy atom. The standard InChI is InChI=1S/C14H17NO3Si/c1-17-14(16)11-7-5-10(6-8-11)12-9-13(18-15-12)19(2,3)4/h5-9H,1-4H3. The Morgan fingerprint density at radius 2 is 1.84 bits per heavy atom. The van der Waals surface area contributed by atoms with Crippen LogP contribution in [0, 0.1) is 0 Å². The molecular weight excluding hydrogens is 258 g/mol. The molecule has 0 spiro atoms. The van der Waals surface area contributed by atoms with Gasteiger partial charge in [0.25, 0.3) is 0 Å². The van der Waals surface area contributed by atoms with Gasteiger partial charge in [-0.3, -0.25) is 0 Å². The smallest absolute Gasteiger partial charge is 0.337 e. The highest BCUT2D eigenvalue weighted by Gasteiger charge is 2.22. The summed E-state index contributed by atoms with van der Waals surface area (Å²) in [5, 5.41) is 5.06. The molecule has 4 nitrogen and oxygen atoms in total. The molecule has 0 atom stereocenters. The summed E-state index contributed by atoms with van der Waals surface area (Å²) in [4.78, 5) is 11.3. The third-order valence-electron chi connectivity index (χ3n) is 2.85. The highest BCUT2D eigenvalue weighted by atomic mass is 28.3. The van der Waals surface area contributed by atoms with Gasteiger partial charge in [-0.1, -0.05) is 36.9 Å². The van der Waals surface area contributed by atoms with Crippen molar-refractivity contribution in [1.82, 2.24) is 5.16 Å². The molecule has 0 fully saturated rings. The fourth-order valence-electron chi connectivity index (χ4n) is 1.66. The van der Waals surface area contributed by atoms with Crippen molar-refractivity contribution in [3.63, 3.8) is 0 Å². The minimum Gasteiger partial charge on any atom is -0.465 e. The molecule has 0 aliphatic carbocycles. The summed E-state index contributed by atoms with van der Waals surface area (Å²) in [6.07, 6.45) is 0. The van der Waals surface area contributed by atoms with Crippen LogP contribution in [0.2, 0.25) is 19.6 Å². The van der Waals surface area contributed by atoms with Crippen molar-refractivity contribution in [2.75, 3.05) is 7.11 Å². The number of hydrogen-bond donors (Lipinski definition) is 0. The number of methoxy groups -OCH3 is 1. The summed E-state index contributed by atoms with van der Waals surface area (Å²) in [6, 6.07) is 9.13. The van der Waals surface area contributed by atoms with Crippen molar-refractivity contribution in [1.29, 1.82) is 0 Å². The molecule has 2 aromatic rings. The number of carbonyl (C=O) groups excluding carboxylic acids is 1. The van der Waals surface area contributed by atoms with E-state index >= 15 is 0 Å². The Kier molecular flexibility index (Phi) is 3.57. The number of benzene rings is 1. The molecule has 19 heavy (non-hydrogen) atoms. The number of carbonyl (C=O) groups is 1. The topological polar surface area (TPSA) is 52.3 Å². The highest BCUT2D eigenvalue weighted by Crippen LogP contribution is 2.18. The zero-order valence-electron chi connectivity index (χ0n) is 11.6. The average Bonchev–Trinajstić information content (AvgIpc) is 2.87. The summed E-state index contributed by atoms with van der Waals surface area (Å²) in [5.41, 5.74) is 2.26. The van der Waals surface area contributed by atoms with Gasteiger partial charge >= 0.3 is 5.97 Å². The van der Waals surface area contributed by atoms with Gasteiger partial charge in [0.1, 0.15) is 19.2 Å². The molecular formula is C14H17NO3Si. The zero-order valence-corrected chi connectivity index (χ0v) is 12.6. The fourth-order valence-corrected chi connectivity index (χ4v) is 2.55. The van der Waals surface area contributed by atoms with E-state index in [0.717, 1.165) is 16.6 Å². The first-order valence-corrected chi connectivity index (χ1v) is 9.58. The van der Waals surface area contributed by atoms with E-state index in [-0.39, 0.29) is 5.97 Å². The quantitative estimate of drug-likeness (QED) is 0.638. The van der Waals surface area contributed by atoms with E-state index in [4.69, 9.17) is 4.52 Å². The van der Waals surface area contributed by atoms with Crippen LogP contribution in [0.3, 0.4) is 0 Å². The van der Waals surface area contributed by atoms with E-state index in [1.54, 1.807) is 12.1 Å². The maximum Gasteiger partial charge on any atom is 0.337 e. The van der Waals surface area contributed by atoms with Gasteiger partial charge in [0.15, 0.2) is 0 Å². The fraction of sp³-hybridized carbons (Fsp3) is 0.286. The van der Waals surface area contributed by atoms with Crippen molar-refractivity contribution in [3.8, 4) is 11.3 Å².